The maximum atomic E-state index is 12.9. The van der Waals surface area contributed by atoms with E-state index in [-0.39, 0.29) is 23.5 Å². The summed E-state index contributed by atoms with van der Waals surface area (Å²) in [5.74, 6) is -0.556. The van der Waals surface area contributed by atoms with E-state index in [0.717, 1.165) is 5.56 Å². The summed E-state index contributed by atoms with van der Waals surface area (Å²) in [6.07, 6.45) is 4.44. The first-order valence-corrected chi connectivity index (χ1v) is 8.84. The van der Waals surface area contributed by atoms with Crippen molar-refractivity contribution in [2.75, 3.05) is 6.61 Å². The van der Waals surface area contributed by atoms with Gasteiger partial charge in [-0.25, -0.2) is 8.42 Å². The molecule has 0 aromatic heterocycles. The quantitative estimate of drug-likeness (QED) is 0.627. The molecule has 1 aliphatic heterocycles. The molecule has 0 spiro atoms. The molecule has 118 valence electrons. The molecule has 6 heteroatoms. The number of ether oxygens (including phenoxy) is 1. The summed E-state index contributed by atoms with van der Waals surface area (Å²) >= 11 is 0. The van der Waals surface area contributed by atoms with Crippen LogP contribution in [0.25, 0.3) is 0 Å². The van der Waals surface area contributed by atoms with Crippen molar-refractivity contribution >= 4 is 16.0 Å². The third kappa shape index (κ3) is 2.36. The van der Waals surface area contributed by atoms with Gasteiger partial charge in [0.15, 0.2) is 0 Å². The standard InChI is InChI=1S/C16H19NO4S/c1-3-21-16(18)15-12-6-7-13(10-12)17(15)22(19,20)14-8-4-11(2)5-9-14/h4-9,12-13,15H,3,10H2,1-2H3/t12-,13+,15-/m0/s1. The number of nitrogens with zero attached hydrogens (tertiary/aromatic N) is 1. The SMILES string of the molecule is CCOC(=O)[C@@H]1[C@H]2C=C[C@H](C2)N1S(=O)(=O)c1ccc(C)cc1. The second-order valence-corrected chi connectivity index (χ2v) is 7.54. The third-order valence-corrected chi connectivity index (χ3v) is 6.15. The van der Waals surface area contributed by atoms with Crippen LogP contribution < -0.4 is 0 Å². The minimum Gasteiger partial charge on any atom is -0.465 e. The van der Waals surface area contributed by atoms with E-state index in [2.05, 4.69) is 0 Å². The molecule has 1 aromatic rings. The lowest BCUT2D eigenvalue weighted by molar-refractivity contribution is -0.148. The van der Waals surface area contributed by atoms with Crippen molar-refractivity contribution < 1.29 is 17.9 Å². The lowest BCUT2D eigenvalue weighted by Crippen LogP contribution is -2.48. The smallest absolute Gasteiger partial charge is 0.325 e. The average molecular weight is 321 g/mol. The van der Waals surface area contributed by atoms with E-state index in [1.165, 1.54) is 4.31 Å². The Morgan fingerprint density at radius 1 is 1.27 bits per heavy atom. The summed E-state index contributed by atoms with van der Waals surface area (Å²) in [5.41, 5.74) is 0.990. The van der Waals surface area contributed by atoms with Gasteiger partial charge >= 0.3 is 5.97 Å². The number of sulfonamides is 1. The number of carbonyl (C=O) groups excluding carboxylic acids is 1. The second-order valence-electron chi connectivity index (χ2n) is 5.70. The lowest BCUT2D eigenvalue weighted by Gasteiger charge is -2.30. The Bertz CT molecular complexity index is 708. The Kier molecular flexibility index (Phi) is 3.82. The number of aryl methyl sites for hydroxylation is 1. The van der Waals surface area contributed by atoms with Crippen LogP contribution in [0.15, 0.2) is 41.3 Å². The minimum absolute atomic E-state index is 0.0933. The van der Waals surface area contributed by atoms with Gasteiger partial charge in [-0.2, -0.15) is 4.31 Å². The van der Waals surface area contributed by atoms with Gasteiger partial charge in [0, 0.05) is 12.0 Å². The van der Waals surface area contributed by atoms with Gasteiger partial charge in [0.2, 0.25) is 10.0 Å². The first kappa shape index (κ1) is 15.2. The summed E-state index contributed by atoms with van der Waals surface area (Å²) < 4.78 is 32.3. The van der Waals surface area contributed by atoms with Crippen molar-refractivity contribution in [2.24, 2.45) is 5.92 Å². The monoisotopic (exact) mass is 321 g/mol. The number of carbonyl (C=O) groups is 1. The fourth-order valence-electron chi connectivity index (χ4n) is 3.19. The number of rotatable bonds is 4. The number of hydrogen-bond donors (Lipinski definition) is 0. The Morgan fingerprint density at radius 3 is 2.59 bits per heavy atom. The molecule has 0 radical (unpaired) electrons. The third-order valence-electron chi connectivity index (χ3n) is 4.23. The highest BCUT2D eigenvalue weighted by Crippen LogP contribution is 2.41. The van der Waals surface area contributed by atoms with Gasteiger partial charge in [0.25, 0.3) is 0 Å². The summed E-state index contributed by atoms with van der Waals surface area (Å²) in [6.45, 7) is 3.87. The maximum Gasteiger partial charge on any atom is 0.325 e. The van der Waals surface area contributed by atoms with Gasteiger partial charge in [-0.1, -0.05) is 29.8 Å². The van der Waals surface area contributed by atoms with Crippen LogP contribution >= 0.6 is 0 Å². The van der Waals surface area contributed by atoms with Crippen LogP contribution in [0.3, 0.4) is 0 Å². The molecule has 1 aromatic carbocycles. The first-order valence-electron chi connectivity index (χ1n) is 7.40. The predicted octanol–water partition coefficient (Wildman–Crippen LogP) is 1.88. The predicted molar refractivity (Wildman–Crippen MR) is 81.7 cm³/mol. The molecule has 2 bridgehead atoms. The molecule has 1 heterocycles. The second kappa shape index (κ2) is 5.52. The van der Waals surface area contributed by atoms with E-state index in [9.17, 15) is 13.2 Å². The van der Waals surface area contributed by atoms with E-state index in [1.54, 1.807) is 31.2 Å². The fourth-order valence-corrected chi connectivity index (χ4v) is 4.97. The van der Waals surface area contributed by atoms with Crippen LogP contribution in [0.4, 0.5) is 0 Å². The molecule has 0 unspecified atom stereocenters. The van der Waals surface area contributed by atoms with Gasteiger partial charge in [0.05, 0.1) is 11.5 Å². The van der Waals surface area contributed by atoms with Crippen molar-refractivity contribution in [1.82, 2.24) is 4.31 Å². The van der Waals surface area contributed by atoms with E-state index < -0.39 is 22.0 Å². The van der Waals surface area contributed by atoms with Crippen molar-refractivity contribution in [1.29, 1.82) is 0 Å². The molecule has 2 aliphatic rings. The topological polar surface area (TPSA) is 63.7 Å². The van der Waals surface area contributed by atoms with Gasteiger partial charge in [0.1, 0.15) is 6.04 Å². The van der Waals surface area contributed by atoms with Crippen LogP contribution in [0.2, 0.25) is 0 Å². The van der Waals surface area contributed by atoms with Crippen molar-refractivity contribution in [3.05, 3.63) is 42.0 Å². The van der Waals surface area contributed by atoms with E-state index in [0.29, 0.717) is 6.42 Å². The summed E-state index contributed by atoms with van der Waals surface area (Å²) in [6, 6.07) is 5.69. The molecule has 1 aliphatic carbocycles. The molecule has 3 rings (SSSR count). The lowest BCUT2D eigenvalue weighted by atomic mass is 10.0. The van der Waals surface area contributed by atoms with Crippen LogP contribution in [-0.4, -0.2) is 37.4 Å². The summed E-state index contributed by atoms with van der Waals surface area (Å²) in [4.78, 5) is 12.4. The molecule has 1 saturated heterocycles. The number of benzene rings is 1. The summed E-state index contributed by atoms with van der Waals surface area (Å²) in [7, 11) is -3.72. The molecule has 5 nitrogen and oxygen atoms in total. The Balaban J connectivity index is 1.99. The van der Waals surface area contributed by atoms with Crippen LogP contribution in [0.1, 0.15) is 18.9 Å². The van der Waals surface area contributed by atoms with E-state index >= 15 is 0 Å². The van der Waals surface area contributed by atoms with Crippen LogP contribution in [0.5, 0.6) is 0 Å². The zero-order valence-electron chi connectivity index (χ0n) is 12.6. The molecule has 0 N–H and O–H groups in total. The highest BCUT2D eigenvalue weighted by molar-refractivity contribution is 7.89. The Hall–Kier alpha value is -1.66. The molecule has 3 atom stereocenters. The molecule has 0 saturated carbocycles. The van der Waals surface area contributed by atoms with Gasteiger partial charge < -0.3 is 4.74 Å². The maximum absolute atomic E-state index is 12.9. The number of esters is 1. The fraction of sp³-hybridized carbons (Fsp3) is 0.438. The molecular weight excluding hydrogens is 302 g/mol. The Morgan fingerprint density at radius 2 is 1.95 bits per heavy atom. The van der Waals surface area contributed by atoms with Gasteiger partial charge in [-0.15, -0.1) is 0 Å². The van der Waals surface area contributed by atoms with Gasteiger partial charge in [-0.05, 0) is 32.4 Å². The zero-order valence-corrected chi connectivity index (χ0v) is 13.4. The van der Waals surface area contributed by atoms with Crippen molar-refractivity contribution in [3.8, 4) is 0 Å². The molecular formula is C16H19NO4S. The zero-order chi connectivity index (χ0) is 15.9. The molecule has 0 amide bonds. The minimum atomic E-state index is -3.72. The first-order chi connectivity index (χ1) is 10.4. The van der Waals surface area contributed by atoms with Crippen molar-refractivity contribution in [3.63, 3.8) is 0 Å². The Labute approximate surface area is 130 Å². The highest BCUT2D eigenvalue weighted by Gasteiger charge is 2.52. The highest BCUT2D eigenvalue weighted by atomic mass is 32.2. The average Bonchev–Trinajstić information content (AvgIpc) is 3.08. The summed E-state index contributed by atoms with van der Waals surface area (Å²) in [5, 5.41) is 0. The van der Waals surface area contributed by atoms with E-state index in [4.69, 9.17) is 4.74 Å². The van der Waals surface area contributed by atoms with Crippen LogP contribution in [0, 0.1) is 12.8 Å². The number of fused-ring (bicyclic) bond motifs is 2. The normalized spacial score (nSPS) is 27.3. The largest absolute Gasteiger partial charge is 0.465 e. The van der Waals surface area contributed by atoms with Gasteiger partial charge in [-0.3, -0.25) is 4.79 Å². The molecule has 22 heavy (non-hydrogen) atoms. The van der Waals surface area contributed by atoms with E-state index in [1.807, 2.05) is 19.1 Å². The van der Waals surface area contributed by atoms with Crippen LogP contribution in [-0.2, 0) is 19.6 Å². The molecule has 1 fully saturated rings. The number of hydrogen-bond acceptors (Lipinski definition) is 4. The van der Waals surface area contributed by atoms with Crippen molar-refractivity contribution in [2.45, 2.75) is 37.2 Å².